The van der Waals surface area contributed by atoms with E-state index in [2.05, 4.69) is 31.0 Å². The SMILES string of the molecule is CCCC1(C)CCCN(C(=NCCN2C(=O)CCCC2=O)NCC)C1. The molecule has 0 aliphatic carbocycles. The molecule has 1 atom stereocenters. The van der Waals surface area contributed by atoms with E-state index in [0.29, 0.717) is 37.8 Å². The van der Waals surface area contributed by atoms with Crippen molar-refractivity contribution in [3.63, 3.8) is 0 Å². The van der Waals surface area contributed by atoms with E-state index in [1.165, 1.54) is 30.6 Å². The topological polar surface area (TPSA) is 65.0 Å². The van der Waals surface area contributed by atoms with Crippen molar-refractivity contribution < 1.29 is 9.59 Å². The third-order valence-corrected chi connectivity index (χ3v) is 5.24. The van der Waals surface area contributed by atoms with E-state index in [0.717, 1.165) is 25.6 Å². The van der Waals surface area contributed by atoms with E-state index in [9.17, 15) is 9.59 Å². The number of aliphatic imine (C=N–C) groups is 1. The van der Waals surface area contributed by atoms with Crippen LogP contribution in [0, 0.1) is 5.41 Å². The summed E-state index contributed by atoms with van der Waals surface area (Å²) in [4.78, 5) is 32.2. The van der Waals surface area contributed by atoms with Crippen LogP contribution in [0.1, 0.15) is 65.7 Å². The molecule has 1 N–H and O–H groups in total. The molecule has 0 saturated carbocycles. The van der Waals surface area contributed by atoms with Gasteiger partial charge in [0, 0.05) is 39.0 Å². The summed E-state index contributed by atoms with van der Waals surface area (Å²) in [7, 11) is 0. The number of hydrogen-bond donors (Lipinski definition) is 1. The van der Waals surface area contributed by atoms with Gasteiger partial charge in [0.2, 0.25) is 11.8 Å². The number of carbonyl (C=O) groups is 2. The highest BCUT2D eigenvalue weighted by molar-refractivity contribution is 5.97. The van der Waals surface area contributed by atoms with Gasteiger partial charge in [0.25, 0.3) is 0 Å². The second kappa shape index (κ2) is 9.20. The maximum Gasteiger partial charge on any atom is 0.229 e. The number of guanidine groups is 1. The Morgan fingerprint density at radius 3 is 2.56 bits per heavy atom. The van der Waals surface area contributed by atoms with Crippen LogP contribution in [-0.2, 0) is 9.59 Å². The molecule has 2 amide bonds. The lowest BCUT2D eigenvalue weighted by atomic mass is 9.78. The third-order valence-electron chi connectivity index (χ3n) is 5.24. The van der Waals surface area contributed by atoms with Crippen LogP contribution in [0.2, 0.25) is 0 Å². The molecule has 0 aromatic carbocycles. The van der Waals surface area contributed by atoms with Crippen molar-refractivity contribution in [1.29, 1.82) is 0 Å². The van der Waals surface area contributed by atoms with Gasteiger partial charge in [0.1, 0.15) is 0 Å². The Morgan fingerprint density at radius 2 is 1.92 bits per heavy atom. The summed E-state index contributed by atoms with van der Waals surface area (Å²) in [5.41, 5.74) is 0.349. The minimum absolute atomic E-state index is 0.0510. The molecular formula is C19H34N4O2. The Morgan fingerprint density at radius 1 is 1.20 bits per heavy atom. The van der Waals surface area contributed by atoms with E-state index in [-0.39, 0.29) is 11.8 Å². The van der Waals surface area contributed by atoms with Gasteiger partial charge >= 0.3 is 0 Å². The van der Waals surface area contributed by atoms with E-state index in [1.54, 1.807) is 0 Å². The molecule has 2 aliphatic heterocycles. The summed E-state index contributed by atoms with van der Waals surface area (Å²) in [6.45, 7) is 10.4. The first kappa shape index (κ1) is 19.7. The van der Waals surface area contributed by atoms with Crippen LogP contribution in [0.5, 0.6) is 0 Å². The first-order valence-corrected chi connectivity index (χ1v) is 9.85. The summed E-state index contributed by atoms with van der Waals surface area (Å²) < 4.78 is 0. The first-order chi connectivity index (χ1) is 12.0. The zero-order valence-corrected chi connectivity index (χ0v) is 16.1. The van der Waals surface area contributed by atoms with Crippen molar-refractivity contribution in [2.45, 2.75) is 65.7 Å². The smallest absolute Gasteiger partial charge is 0.229 e. The molecule has 2 aliphatic rings. The summed E-state index contributed by atoms with van der Waals surface area (Å²) >= 11 is 0. The minimum Gasteiger partial charge on any atom is -0.357 e. The van der Waals surface area contributed by atoms with Crippen molar-refractivity contribution in [1.82, 2.24) is 15.1 Å². The maximum atomic E-state index is 11.9. The molecule has 2 saturated heterocycles. The summed E-state index contributed by atoms with van der Waals surface area (Å²) in [6, 6.07) is 0. The Kier molecular flexibility index (Phi) is 7.26. The second-order valence-electron chi connectivity index (χ2n) is 7.61. The predicted octanol–water partition coefficient (Wildman–Crippen LogP) is 2.39. The molecular weight excluding hydrogens is 316 g/mol. The van der Waals surface area contributed by atoms with Crippen molar-refractivity contribution in [2.24, 2.45) is 10.4 Å². The first-order valence-electron chi connectivity index (χ1n) is 9.85. The van der Waals surface area contributed by atoms with Gasteiger partial charge in [0.05, 0.1) is 6.54 Å². The van der Waals surface area contributed by atoms with Crippen molar-refractivity contribution in [3.8, 4) is 0 Å². The quantitative estimate of drug-likeness (QED) is 0.454. The zero-order chi connectivity index (χ0) is 18.3. The predicted molar refractivity (Wildman–Crippen MR) is 100 cm³/mol. The number of carbonyl (C=O) groups excluding carboxylic acids is 2. The fourth-order valence-corrected chi connectivity index (χ4v) is 4.03. The number of hydrogen-bond acceptors (Lipinski definition) is 3. The molecule has 0 bridgehead atoms. The standard InChI is InChI=1S/C19H34N4O2/c1-4-10-19(3)11-7-13-22(15-19)18(20-5-2)21-12-14-23-16(24)8-6-9-17(23)25/h4-15H2,1-3H3,(H,20,21). The lowest BCUT2D eigenvalue weighted by Gasteiger charge is -2.42. The Hall–Kier alpha value is -1.59. The Balaban J connectivity index is 1.97. The largest absolute Gasteiger partial charge is 0.357 e. The van der Waals surface area contributed by atoms with Gasteiger partial charge in [-0.25, -0.2) is 0 Å². The number of nitrogens with one attached hydrogen (secondary N) is 1. The van der Waals surface area contributed by atoms with Crippen LogP contribution in [0.15, 0.2) is 4.99 Å². The summed E-state index contributed by atoms with van der Waals surface area (Å²) in [6.07, 6.45) is 6.55. The maximum absolute atomic E-state index is 11.9. The lowest BCUT2D eigenvalue weighted by molar-refractivity contribution is -0.147. The third kappa shape index (κ3) is 5.44. The van der Waals surface area contributed by atoms with Gasteiger partial charge in [-0.2, -0.15) is 0 Å². The molecule has 142 valence electrons. The highest BCUT2D eigenvalue weighted by Gasteiger charge is 2.31. The number of rotatable bonds is 6. The molecule has 0 spiro atoms. The van der Waals surface area contributed by atoms with E-state index in [1.807, 2.05) is 0 Å². The second-order valence-corrected chi connectivity index (χ2v) is 7.61. The minimum atomic E-state index is -0.0510. The number of piperidine rings is 2. The van der Waals surface area contributed by atoms with Gasteiger partial charge in [-0.15, -0.1) is 0 Å². The van der Waals surface area contributed by atoms with Crippen LogP contribution < -0.4 is 5.32 Å². The molecule has 25 heavy (non-hydrogen) atoms. The molecule has 1 unspecified atom stereocenters. The lowest BCUT2D eigenvalue weighted by Crippen LogP contribution is -2.50. The van der Waals surface area contributed by atoms with Crippen LogP contribution in [0.3, 0.4) is 0 Å². The molecule has 6 nitrogen and oxygen atoms in total. The van der Waals surface area contributed by atoms with Gasteiger partial charge in [-0.3, -0.25) is 19.5 Å². The Bertz CT molecular complexity index is 486. The summed E-state index contributed by atoms with van der Waals surface area (Å²) in [5.74, 6) is 0.816. The average Bonchev–Trinajstić information content (AvgIpc) is 2.56. The highest BCUT2D eigenvalue weighted by atomic mass is 16.2. The monoisotopic (exact) mass is 350 g/mol. The number of nitrogens with zero attached hydrogens (tertiary/aromatic N) is 3. The molecule has 2 rings (SSSR count). The molecule has 0 aromatic rings. The molecule has 0 aromatic heterocycles. The van der Waals surface area contributed by atoms with Crippen molar-refractivity contribution in [3.05, 3.63) is 0 Å². The van der Waals surface area contributed by atoms with E-state index in [4.69, 9.17) is 4.99 Å². The fraction of sp³-hybridized carbons (Fsp3) is 0.842. The average molecular weight is 351 g/mol. The molecule has 2 fully saturated rings. The zero-order valence-electron chi connectivity index (χ0n) is 16.1. The molecule has 2 heterocycles. The van der Waals surface area contributed by atoms with Crippen LogP contribution in [-0.4, -0.2) is 60.3 Å². The highest BCUT2D eigenvalue weighted by Crippen LogP contribution is 2.33. The van der Waals surface area contributed by atoms with Gasteiger partial charge < -0.3 is 10.2 Å². The van der Waals surface area contributed by atoms with E-state index >= 15 is 0 Å². The van der Waals surface area contributed by atoms with Gasteiger partial charge in [-0.1, -0.05) is 20.3 Å². The molecule has 0 radical (unpaired) electrons. The van der Waals surface area contributed by atoms with Crippen LogP contribution >= 0.6 is 0 Å². The number of likely N-dealkylation sites (tertiary alicyclic amines) is 2. The van der Waals surface area contributed by atoms with Gasteiger partial charge in [0.15, 0.2) is 5.96 Å². The van der Waals surface area contributed by atoms with Gasteiger partial charge in [-0.05, 0) is 38.0 Å². The van der Waals surface area contributed by atoms with Crippen LogP contribution in [0.4, 0.5) is 0 Å². The number of amides is 2. The summed E-state index contributed by atoms with van der Waals surface area (Å²) in [5, 5.41) is 3.38. The van der Waals surface area contributed by atoms with Crippen LogP contribution in [0.25, 0.3) is 0 Å². The number of imide groups is 1. The van der Waals surface area contributed by atoms with E-state index < -0.39 is 0 Å². The van der Waals surface area contributed by atoms with Crippen molar-refractivity contribution >= 4 is 17.8 Å². The molecule has 6 heteroatoms. The normalized spacial score (nSPS) is 25.5. The Labute approximate surface area is 152 Å². The fourth-order valence-electron chi connectivity index (χ4n) is 4.03. The van der Waals surface area contributed by atoms with Crippen molar-refractivity contribution in [2.75, 3.05) is 32.7 Å².